The molecule has 0 spiro atoms. The SMILES string of the molecule is CCCC(CC(C)(CC)C(=O)O)(C(=O)O)C(=O)O. The van der Waals surface area contributed by atoms with Crippen LogP contribution in [-0.4, -0.2) is 33.2 Å². The molecule has 0 aromatic heterocycles. The Morgan fingerprint density at radius 3 is 1.61 bits per heavy atom. The highest BCUT2D eigenvalue weighted by atomic mass is 16.4. The van der Waals surface area contributed by atoms with E-state index in [0.29, 0.717) is 6.42 Å². The topological polar surface area (TPSA) is 112 Å². The first-order valence-electron chi connectivity index (χ1n) is 5.86. The molecule has 1 unspecified atom stereocenters. The number of carboxylic acids is 3. The minimum atomic E-state index is -2.03. The van der Waals surface area contributed by atoms with Crippen LogP contribution in [0.15, 0.2) is 0 Å². The van der Waals surface area contributed by atoms with E-state index in [1.54, 1.807) is 13.8 Å². The predicted octanol–water partition coefficient (Wildman–Crippen LogP) is 1.83. The molecular formula is C12H20O6. The maximum absolute atomic E-state index is 11.3. The molecule has 0 saturated heterocycles. The standard InChI is InChI=1S/C12H20O6/c1-4-6-12(9(15)16,10(17)18)7-11(3,5-2)8(13)14/h4-7H2,1-3H3,(H,13,14)(H,15,16)(H,17,18). The molecule has 3 N–H and O–H groups in total. The van der Waals surface area contributed by atoms with Gasteiger partial charge in [0, 0.05) is 0 Å². The molecule has 0 aromatic rings. The van der Waals surface area contributed by atoms with Gasteiger partial charge in [-0.2, -0.15) is 0 Å². The molecule has 0 aliphatic rings. The molecular weight excluding hydrogens is 240 g/mol. The van der Waals surface area contributed by atoms with Crippen molar-refractivity contribution >= 4 is 17.9 Å². The van der Waals surface area contributed by atoms with Gasteiger partial charge in [-0.05, 0) is 26.2 Å². The summed E-state index contributed by atoms with van der Waals surface area (Å²) in [6, 6.07) is 0. The lowest BCUT2D eigenvalue weighted by molar-refractivity contribution is -0.170. The Kier molecular flexibility index (Phi) is 5.32. The van der Waals surface area contributed by atoms with Crippen molar-refractivity contribution in [3.8, 4) is 0 Å². The molecule has 1 atom stereocenters. The van der Waals surface area contributed by atoms with Crippen LogP contribution in [0.5, 0.6) is 0 Å². The number of hydrogen-bond donors (Lipinski definition) is 3. The summed E-state index contributed by atoms with van der Waals surface area (Å²) in [5.74, 6) is -4.12. The Labute approximate surface area is 106 Å². The molecule has 0 aliphatic carbocycles. The zero-order chi connectivity index (χ0) is 14.6. The highest BCUT2D eigenvalue weighted by Crippen LogP contribution is 2.40. The summed E-state index contributed by atoms with van der Waals surface area (Å²) in [5.41, 5.74) is -3.39. The third-order valence-corrected chi connectivity index (χ3v) is 3.48. The molecule has 0 saturated carbocycles. The molecule has 0 fully saturated rings. The van der Waals surface area contributed by atoms with Crippen molar-refractivity contribution in [3.05, 3.63) is 0 Å². The first kappa shape index (κ1) is 16.4. The minimum Gasteiger partial charge on any atom is -0.481 e. The van der Waals surface area contributed by atoms with E-state index in [1.165, 1.54) is 6.92 Å². The maximum Gasteiger partial charge on any atom is 0.321 e. The molecule has 6 nitrogen and oxygen atoms in total. The van der Waals surface area contributed by atoms with E-state index < -0.39 is 35.2 Å². The van der Waals surface area contributed by atoms with E-state index in [0.717, 1.165) is 0 Å². The van der Waals surface area contributed by atoms with Crippen LogP contribution in [0.25, 0.3) is 0 Å². The van der Waals surface area contributed by atoms with Crippen LogP contribution < -0.4 is 0 Å². The average molecular weight is 260 g/mol. The van der Waals surface area contributed by atoms with Crippen molar-refractivity contribution in [2.24, 2.45) is 10.8 Å². The first-order valence-corrected chi connectivity index (χ1v) is 5.86. The second-order valence-electron chi connectivity index (χ2n) is 4.84. The van der Waals surface area contributed by atoms with Crippen molar-refractivity contribution in [2.45, 2.75) is 46.5 Å². The lowest BCUT2D eigenvalue weighted by atomic mass is 9.68. The van der Waals surface area contributed by atoms with Crippen LogP contribution in [0.2, 0.25) is 0 Å². The van der Waals surface area contributed by atoms with E-state index >= 15 is 0 Å². The van der Waals surface area contributed by atoms with E-state index in [2.05, 4.69) is 0 Å². The summed E-state index contributed by atoms with van der Waals surface area (Å²) in [6.45, 7) is 4.66. The van der Waals surface area contributed by atoms with E-state index in [1.807, 2.05) is 0 Å². The number of carbonyl (C=O) groups is 3. The fourth-order valence-electron chi connectivity index (χ4n) is 1.99. The largest absolute Gasteiger partial charge is 0.481 e. The lowest BCUT2D eigenvalue weighted by Crippen LogP contribution is -2.45. The van der Waals surface area contributed by atoms with Gasteiger partial charge < -0.3 is 15.3 Å². The molecule has 0 heterocycles. The number of aliphatic carboxylic acids is 3. The second-order valence-corrected chi connectivity index (χ2v) is 4.84. The van der Waals surface area contributed by atoms with Gasteiger partial charge >= 0.3 is 17.9 Å². The molecule has 0 amide bonds. The minimum absolute atomic E-state index is 0.0828. The number of hydrogen-bond acceptors (Lipinski definition) is 3. The zero-order valence-electron chi connectivity index (χ0n) is 10.9. The highest BCUT2D eigenvalue weighted by Gasteiger charge is 2.52. The monoisotopic (exact) mass is 260 g/mol. The first-order chi connectivity index (χ1) is 8.16. The third-order valence-electron chi connectivity index (χ3n) is 3.48. The summed E-state index contributed by atoms with van der Waals surface area (Å²) in [6.07, 6.45) is 0.0389. The van der Waals surface area contributed by atoms with Gasteiger partial charge in [0.1, 0.15) is 0 Å². The summed E-state index contributed by atoms with van der Waals surface area (Å²) >= 11 is 0. The zero-order valence-corrected chi connectivity index (χ0v) is 10.9. The lowest BCUT2D eigenvalue weighted by Gasteiger charge is -2.33. The van der Waals surface area contributed by atoms with Crippen LogP contribution >= 0.6 is 0 Å². The normalized spacial score (nSPS) is 14.8. The molecule has 6 heteroatoms. The molecule has 0 aliphatic heterocycles. The van der Waals surface area contributed by atoms with Crippen molar-refractivity contribution in [1.29, 1.82) is 0 Å². The Morgan fingerprint density at radius 1 is 0.944 bits per heavy atom. The van der Waals surface area contributed by atoms with Crippen LogP contribution in [0.4, 0.5) is 0 Å². The van der Waals surface area contributed by atoms with Gasteiger partial charge in [0.25, 0.3) is 0 Å². The van der Waals surface area contributed by atoms with Gasteiger partial charge in [-0.25, -0.2) is 0 Å². The van der Waals surface area contributed by atoms with Crippen molar-refractivity contribution in [3.63, 3.8) is 0 Å². The van der Waals surface area contributed by atoms with Crippen LogP contribution in [0.3, 0.4) is 0 Å². The van der Waals surface area contributed by atoms with Crippen LogP contribution in [-0.2, 0) is 14.4 Å². The Bertz CT molecular complexity index is 334. The smallest absolute Gasteiger partial charge is 0.321 e. The average Bonchev–Trinajstić information content (AvgIpc) is 2.27. The summed E-state index contributed by atoms with van der Waals surface area (Å²) in [5, 5.41) is 27.5. The van der Waals surface area contributed by atoms with Crippen molar-refractivity contribution in [1.82, 2.24) is 0 Å². The number of rotatable bonds is 8. The second kappa shape index (κ2) is 5.84. The summed E-state index contributed by atoms with van der Waals surface area (Å²) in [4.78, 5) is 33.8. The van der Waals surface area contributed by atoms with Crippen molar-refractivity contribution < 1.29 is 29.7 Å². The Morgan fingerprint density at radius 2 is 1.39 bits per heavy atom. The predicted molar refractivity (Wildman–Crippen MR) is 63.3 cm³/mol. The Hall–Kier alpha value is -1.59. The maximum atomic E-state index is 11.3. The molecule has 0 radical (unpaired) electrons. The fourth-order valence-corrected chi connectivity index (χ4v) is 1.99. The van der Waals surface area contributed by atoms with Gasteiger partial charge in [-0.15, -0.1) is 0 Å². The van der Waals surface area contributed by atoms with Gasteiger partial charge in [0.2, 0.25) is 0 Å². The van der Waals surface area contributed by atoms with E-state index in [9.17, 15) is 24.6 Å². The molecule has 18 heavy (non-hydrogen) atoms. The van der Waals surface area contributed by atoms with Crippen LogP contribution in [0, 0.1) is 10.8 Å². The molecule has 0 bridgehead atoms. The quantitative estimate of drug-likeness (QED) is 0.574. The van der Waals surface area contributed by atoms with Gasteiger partial charge in [-0.1, -0.05) is 20.3 Å². The fraction of sp³-hybridized carbons (Fsp3) is 0.750. The highest BCUT2D eigenvalue weighted by molar-refractivity contribution is 5.98. The third kappa shape index (κ3) is 3.00. The Balaban J connectivity index is 5.54. The summed E-state index contributed by atoms with van der Waals surface area (Å²) < 4.78 is 0. The van der Waals surface area contributed by atoms with Gasteiger partial charge in [-0.3, -0.25) is 14.4 Å². The molecule has 0 aromatic carbocycles. The summed E-state index contributed by atoms with van der Waals surface area (Å²) in [7, 11) is 0. The molecule has 104 valence electrons. The van der Waals surface area contributed by atoms with Crippen LogP contribution in [0.1, 0.15) is 46.5 Å². The van der Waals surface area contributed by atoms with Gasteiger partial charge in [0.05, 0.1) is 5.41 Å². The van der Waals surface area contributed by atoms with E-state index in [-0.39, 0.29) is 12.8 Å². The number of carboxylic acid groups (broad SMARTS) is 3. The molecule has 0 rings (SSSR count). The van der Waals surface area contributed by atoms with E-state index in [4.69, 9.17) is 5.11 Å². The van der Waals surface area contributed by atoms with Crippen molar-refractivity contribution in [2.75, 3.05) is 0 Å². The van der Waals surface area contributed by atoms with Gasteiger partial charge in [0.15, 0.2) is 5.41 Å².